The first-order chi connectivity index (χ1) is 21.9. The van der Waals surface area contributed by atoms with Gasteiger partial charge in [-0.3, -0.25) is 9.97 Å². The fourth-order valence-corrected chi connectivity index (χ4v) is 6.62. The molecule has 6 heterocycles. The van der Waals surface area contributed by atoms with Gasteiger partial charge in [-0.15, -0.1) is 22.7 Å². The highest BCUT2D eigenvalue weighted by Gasteiger charge is 2.14. The largest absolute Gasteiger partial charge is 0.493 e. The Labute approximate surface area is 273 Å². The van der Waals surface area contributed by atoms with E-state index in [2.05, 4.69) is 38.2 Å². The number of ether oxygens (including phenoxy) is 2. The second-order valence-electron chi connectivity index (χ2n) is 9.86. The molecule has 6 aromatic heterocycles. The summed E-state index contributed by atoms with van der Waals surface area (Å²) in [7, 11) is 3.27. The second kappa shape index (κ2) is 13.5. The zero-order valence-electron chi connectivity index (χ0n) is 24.9. The van der Waals surface area contributed by atoms with Crippen molar-refractivity contribution in [2.24, 2.45) is 0 Å². The first-order valence-electron chi connectivity index (χ1n) is 13.9. The number of benzene rings is 1. The molecule has 0 bridgehead atoms. The van der Waals surface area contributed by atoms with Gasteiger partial charge in [0, 0.05) is 34.1 Å². The summed E-state index contributed by atoms with van der Waals surface area (Å²) in [4.78, 5) is 31.0. The SMILES string of the molecule is COc1ccc(CNc2nc(-c3ccccn3)nc3sc(C)cc23)cc1OC.Cc1cc2c(Cl)nc(-c3ccccn3)nc2s1. The Bertz CT molecular complexity index is 2090. The molecular formula is C33H28ClN7O2S2. The lowest BCUT2D eigenvalue weighted by Gasteiger charge is -2.12. The number of hydrogen-bond acceptors (Lipinski definition) is 11. The van der Waals surface area contributed by atoms with Gasteiger partial charge in [0.15, 0.2) is 23.1 Å². The van der Waals surface area contributed by atoms with Crippen LogP contribution in [0.5, 0.6) is 11.5 Å². The van der Waals surface area contributed by atoms with Crippen molar-refractivity contribution in [2.45, 2.75) is 20.4 Å². The number of nitrogens with zero attached hydrogens (tertiary/aromatic N) is 6. The number of hydrogen-bond donors (Lipinski definition) is 1. The topological polar surface area (TPSA) is 108 Å². The Morgan fingerprint density at radius 1 is 0.689 bits per heavy atom. The zero-order chi connectivity index (χ0) is 31.3. The smallest absolute Gasteiger partial charge is 0.181 e. The summed E-state index contributed by atoms with van der Waals surface area (Å²) in [6.07, 6.45) is 3.47. The van der Waals surface area contributed by atoms with Gasteiger partial charge in [0.1, 0.15) is 32.0 Å². The van der Waals surface area contributed by atoms with Crippen LogP contribution >= 0.6 is 34.3 Å². The van der Waals surface area contributed by atoms with Gasteiger partial charge in [0.05, 0.1) is 19.6 Å². The van der Waals surface area contributed by atoms with Gasteiger partial charge in [0.25, 0.3) is 0 Å². The first-order valence-corrected chi connectivity index (χ1v) is 15.9. The lowest BCUT2D eigenvalue weighted by atomic mass is 10.2. The predicted molar refractivity (Wildman–Crippen MR) is 183 cm³/mol. The fourth-order valence-electron chi connectivity index (χ4n) is 4.58. The Hall–Kier alpha value is -4.71. The molecule has 0 amide bonds. The summed E-state index contributed by atoms with van der Waals surface area (Å²) >= 11 is 9.42. The molecule has 9 nitrogen and oxygen atoms in total. The first kappa shape index (κ1) is 30.3. The number of aryl methyl sites for hydroxylation is 2. The molecule has 0 aliphatic carbocycles. The van der Waals surface area contributed by atoms with Crippen LogP contribution in [0.3, 0.4) is 0 Å². The van der Waals surface area contributed by atoms with Crippen LogP contribution in [0.25, 0.3) is 43.5 Å². The van der Waals surface area contributed by atoms with E-state index in [1.165, 1.54) is 9.75 Å². The molecule has 0 atom stereocenters. The molecule has 0 fully saturated rings. The number of rotatable bonds is 7. The van der Waals surface area contributed by atoms with Crippen LogP contribution in [0.1, 0.15) is 15.3 Å². The maximum atomic E-state index is 6.15. The highest BCUT2D eigenvalue weighted by atomic mass is 35.5. The van der Waals surface area contributed by atoms with Gasteiger partial charge in [0.2, 0.25) is 0 Å². The van der Waals surface area contributed by atoms with Gasteiger partial charge in [-0.05, 0) is 67.9 Å². The summed E-state index contributed by atoms with van der Waals surface area (Å²) < 4.78 is 10.7. The van der Waals surface area contributed by atoms with Crippen LogP contribution in [0.15, 0.2) is 79.1 Å². The number of fused-ring (bicyclic) bond motifs is 2. The van der Waals surface area contributed by atoms with Crippen LogP contribution in [0.2, 0.25) is 5.15 Å². The summed E-state index contributed by atoms with van der Waals surface area (Å²) in [6.45, 7) is 4.71. The van der Waals surface area contributed by atoms with Crippen LogP contribution in [0.4, 0.5) is 5.82 Å². The number of methoxy groups -OCH3 is 2. The minimum Gasteiger partial charge on any atom is -0.493 e. The van der Waals surface area contributed by atoms with E-state index in [1.807, 2.05) is 67.6 Å². The lowest BCUT2D eigenvalue weighted by Crippen LogP contribution is -2.04. The Kier molecular flexibility index (Phi) is 9.11. The molecule has 0 saturated carbocycles. The van der Waals surface area contributed by atoms with Crippen molar-refractivity contribution in [3.05, 3.63) is 99.6 Å². The highest BCUT2D eigenvalue weighted by molar-refractivity contribution is 7.19. The van der Waals surface area contributed by atoms with Gasteiger partial charge < -0.3 is 14.8 Å². The third-order valence-electron chi connectivity index (χ3n) is 6.68. The van der Waals surface area contributed by atoms with Crippen molar-refractivity contribution >= 4 is 60.5 Å². The Morgan fingerprint density at radius 2 is 1.29 bits per heavy atom. The summed E-state index contributed by atoms with van der Waals surface area (Å²) in [5, 5.41) is 5.86. The molecule has 1 N–H and O–H groups in total. The van der Waals surface area contributed by atoms with Crippen molar-refractivity contribution in [3.8, 4) is 34.5 Å². The molecule has 7 aromatic rings. The van der Waals surface area contributed by atoms with E-state index in [-0.39, 0.29) is 0 Å². The maximum absolute atomic E-state index is 6.15. The van der Waals surface area contributed by atoms with E-state index >= 15 is 0 Å². The standard InChI is InChI=1S/C21H20N4O2S.C12H8ClN3S/c1-13-10-15-19(23-12-14-7-8-17(26-2)18(11-14)27-3)24-20(25-21(15)28-13)16-6-4-5-9-22-16;1-7-6-8-10(13)15-11(16-12(8)17-7)9-4-2-3-5-14-9/h4-11H,12H2,1-3H3,(H,23,24,25);2-6H,1H3. The molecule has 0 unspecified atom stereocenters. The third kappa shape index (κ3) is 6.85. The maximum Gasteiger partial charge on any atom is 0.181 e. The molecule has 0 spiro atoms. The van der Waals surface area contributed by atoms with E-state index < -0.39 is 0 Å². The number of halogens is 1. The molecular weight excluding hydrogens is 626 g/mol. The number of pyridine rings is 2. The summed E-state index contributed by atoms with van der Waals surface area (Å²) in [6, 6.07) is 21.4. The molecule has 0 aliphatic rings. The van der Waals surface area contributed by atoms with Gasteiger partial charge in [-0.1, -0.05) is 29.8 Å². The van der Waals surface area contributed by atoms with Gasteiger partial charge >= 0.3 is 0 Å². The summed E-state index contributed by atoms with van der Waals surface area (Å²) in [5.74, 6) is 3.40. The quantitative estimate of drug-likeness (QED) is 0.170. The number of thiophene rings is 2. The fraction of sp³-hybridized carbons (Fsp3) is 0.152. The van der Waals surface area contributed by atoms with Crippen molar-refractivity contribution in [2.75, 3.05) is 19.5 Å². The number of aromatic nitrogens is 6. The van der Waals surface area contributed by atoms with E-state index in [9.17, 15) is 0 Å². The Balaban J connectivity index is 0.000000179. The van der Waals surface area contributed by atoms with E-state index in [4.69, 9.17) is 31.0 Å². The normalized spacial score (nSPS) is 10.9. The molecule has 0 aliphatic heterocycles. The molecule has 226 valence electrons. The lowest BCUT2D eigenvalue weighted by molar-refractivity contribution is 0.354. The third-order valence-corrected chi connectivity index (χ3v) is 8.86. The minimum atomic E-state index is 0.486. The monoisotopic (exact) mass is 653 g/mol. The molecule has 45 heavy (non-hydrogen) atoms. The van der Waals surface area contributed by atoms with Gasteiger partial charge in [-0.2, -0.15) is 0 Å². The number of nitrogens with one attached hydrogen (secondary N) is 1. The average molecular weight is 654 g/mol. The molecule has 0 saturated heterocycles. The van der Waals surface area contributed by atoms with Crippen LogP contribution in [0, 0.1) is 13.8 Å². The predicted octanol–water partition coefficient (Wildman–Crippen LogP) is 8.41. The van der Waals surface area contributed by atoms with Crippen LogP contribution in [-0.2, 0) is 6.54 Å². The van der Waals surface area contributed by atoms with Gasteiger partial charge in [-0.25, -0.2) is 19.9 Å². The second-order valence-corrected chi connectivity index (χ2v) is 12.7. The minimum absolute atomic E-state index is 0.486. The van der Waals surface area contributed by atoms with E-state index in [0.717, 1.165) is 43.2 Å². The van der Waals surface area contributed by atoms with Crippen LogP contribution in [-0.4, -0.2) is 44.1 Å². The van der Waals surface area contributed by atoms with E-state index in [0.29, 0.717) is 34.8 Å². The average Bonchev–Trinajstić information content (AvgIpc) is 3.65. The molecule has 1 aromatic carbocycles. The van der Waals surface area contributed by atoms with E-state index in [1.54, 1.807) is 49.3 Å². The van der Waals surface area contributed by atoms with Crippen molar-refractivity contribution in [3.63, 3.8) is 0 Å². The molecule has 12 heteroatoms. The highest BCUT2D eigenvalue weighted by Crippen LogP contribution is 2.33. The molecule has 7 rings (SSSR count). The molecule has 0 radical (unpaired) electrons. The number of anilines is 1. The Morgan fingerprint density at radius 3 is 1.89 bits per heavy atom. The summed E-state index contributed by atoms with van der Waals surface area (Å²) in [5.41, 5.74) is 2.56. The van der Waals surface area contributed by atoms with Crippen molar-refractivity contribution in [1.82, 2.24) is 29.9 Å². The van der Waals surface area contributed by atoms with Crippen LogP contribution < -0.4 is 14.8 Å². The zero-order valence-corrected chi connectivity index (χ0v) is 27.3. The van der Waals surface area contributed by atoms with Crippen molar-refractivity contribution < 1.29 is 9.47 Å². The van der Waals surface area contributed by atoms with Crippen molar-refractivity contribution in [1.29, 1.82) is 0 Å².